The van der Waals surface area contributed by atoms with Crippen LogP contribution in [-0.2, 0) is 4.74 Å². The van der Waals surface area contributed by atoms with Crippen LogP contribution >= 0.6 is 11.6 Å². The molecule has 1 fully saturated rings. The van der Waals surface area contributed by atoms with Crippen LogP contribution in [-0.4, -0.2) is 51.6 Å². The summed E-state index contributed by atoms with van der Waals surface area (Å²) in [5, 5.41) is 3.06. The highest BCUT2D eigenvalue weighted by Gasteiger charge is 2.30. The number of hydrogen-bond donors (Lipinski definition) is 1. The van der Waals surface area contributed by atoms with Crippen molar-refractivity contribution in [2.75, 3.05) is 13.1 Å². The zero-order chi connectivity index (χ0) is 16.3. The van der Waals surface area contributed by atoms with Gasteiger partial charge in [-0.05, 0) is 27.2 Å². The Balaban J connectivity index is 1.87. The fraction of sp³-hybridized carbons (Fsp3) is 0.571. The van der Waals surface area contributed by atoms with E-state index in [1.165, 1.54) is 12.4 Å². The van der Waals surface area contributed by atoms with E-state index in [0.29, 0.717) is 19.5 Å². The van der Waals surface area contributed by atoms with Crippen LogP contribution in [0.5, 0.6) is 0 Å². The lowest BCUT2D eigenvalue weighted by Crippen LogP contribution is -2.40. The van der Waals surface area contributed by atoms with Crippen LogP contribution in [0.1, 0.15) is 37.7 Å². The number of likely N-dealkylation sites (tertiary alicyclic amines) is 1. The first-order valence-corrected chi connectivity index (χ1v) is 7.39. The van der Waals surface area contributed by atoms with Gasteiger partial charge in [0.25, 0.3) is 5.91 Å². The lowest BCUT2D eigenvalue weighted by Gasteiger charge is -2.24. The minimum absolute atomic E-state index is 0.127. The maximum atomic E-state index is 12.0. The molecule has 8 heteroatoms. The van der Waals surface area contributed by atoms with Crippen molar-refractivity contribution in [3.05, 3.63) is 23.2 Å². The second-order valence-corrected chi connectivity index (χ2v) is 6.50. The summed E-state index contributed by atoms with van der Waals surface area (Å²) in [5.41, 5.74) is -0.336. The number of hydrogen-bond acceptors (Lipinski definition) is 5. The van der Waals surface area contributed by atoms with Crippen LogP contribution in [0.15, 0.2) is 12.4 Å². The highest BCUT2D eigenvalue weighted by atomic mass is 35.5. The molecule has 2 amide bonds. The average molecular weight is 327 g/mol. The van der Waals surface area contributed by atoms with E-state index < -0.39 is 5.60 Å². The van der Waals surface area contributed by atoms with Gasteiger partial charge in [-0.15, -0.1) is 0 Å². The van der Waals surface area contributed by atoms with Crippen LogP contribution in [0.4, 0.5) is 4.79 Å². The molecule has 7 nitrogen and oxygen atoms in total. The van der Waals surface area contributed by atoms with Gasteiger partial charge in [0.15, 0.2) is 0 Å². The van der Waals surface area contributed by atoms with E-state index in [1.807, 2.05) is 20.8 Å². The predicted molar refractivity (Wildman–Crippen MR) is 80.7 cm³/mol. The fourth-order valence-corrected chi connectivity index (χ4v) is 2.16. The van der Waals surface area contributed by atoms with Gasteiger partial charge in [0.1, 0.15) is 16.4 Å². The normalized spacial score (nSPS) is 18.2. The highest BCUT2D eigenvalue weighted by Crippen LogP contribution is 2.15. The summed E-state index contributed by atoms with van der Waals surface area (Å²) in [6.07, 6.45) is 2.94. The zero-order valence-corrected chi connectivity index (χ0v) is 13.6. The van der Waals surface area contributed by atoms with Crippen LogP contribution in [0.25, 0.3) is 0 Å². The van der Waals surface area contributed by atoms with Gasteiger partial charge in [-0.25, -0.2) is 14.8 Å². The molecule has 0 saturated carbocycles. The van der Waals surface area contributed by atoms with E-state index in [-0.39, 0.29) is 28.9 Å². The number of amides is 2. The molecule has 1 aromatic heterocycles. The van der Waals surface area contributed by atoms with Gasteiger partial charge in [-0.2, -0.15) is 0 Å². The number of ether oxygens (including phenoxy) is 1. The van der Waals surface area contributed by atoms with Gasteiger partial charge >= 0.3 is 6.09 Å². The summed E-state index contributed by atoms with van der Waals surface area (Å²) in [6, 6.07) is -0.127. The third-order valence-corrected chi connectivity index (χ3v) is 3.22. The van der Waals surface area contributed by atoms with Crippen molar-refractivity contribution in [3.63, 3.8) is 0 Å². The van der Waals surface area contributed by atoms with Gasteiger partial charge in [0.05, 0.1) is 12.4 Å². The highest BCUT2D eigenvalue weighted by molar-refractivity contribution is 6.29. The van der Waals surface area contributed by atoms with E-state index in [1.54, 1.807) is 4.90 Å². The molecule has 22 heavy (non-hydrogen) atoms. The number of nitrogens with zero attached hydrogens (tertiary/aromatic N) is 3. The number of nitrogens with one attached hydrogen (secondary N) is 1. The van der Waals surface area contributed by atoms with Crippen molar-refractivity contribution < 1.29 is 14.3 Å². The molecule has 1 N–H and O–H groups in total. The number of carbonyl (C=O) groups excluding carboxylic acids is 2. The van der Waals surface area contributed by atoms with Crippen molar-refractivity contribution >= 4 is 23.6 Å². The smallest absolute Gasteiger partial charge is 0.410 e. The average Bonchev–Trinajstić information content (AvgIpc) is 2.86. The standard InChI is InChI=1S/C14H19ClN4O3/c1-14(2,3)22-13(21)19-5-4-9(8-19)18-12(20)10-6-17-11(15)7-16-10/h6-7,9H,4-5,8H2,1-3H3,(H,18,20). The van der Waals surface area contributed by atoms with Crippen molar-refractivity contribution in [2.45, 2.75) is 38.8 Å². The molecule has 0 bridgehead atoms. The van der Waals surface area contributed by atoms with Gasteiger partial charge < -0.3 is 15.0 Å². The summed E-state index contributed by atoms with van der Waals surface area (Å²) >= 11 is 5.63. The quantitative estimate of drug-likeness (QED) is 0.896. The molecule has 1 atom stereocenters. The minimum atomic E-state index is -0.530. The third-order valence-electron chi connectivity index (χ3n) is 3.03. The Morgan fingerprint density at radius 3 is 2.68 bits per heavy atom. The lowest BCUT2D eigenvalue weighted by molar-refractivity contribution is 0.0290. The van der Waals surface area contributed by atoms with Gasteiger partial charge in [-0.3, -0.25) is 4.79 Å². The summed E-state index contributed by atoms with van der Waals surface area (Å²) < 4.78 is 5.31. The number of halogens is 1. The SMILES string of the molecule is CC(C)(C)OC(=O)N1CCC(NC(=O)c2cnc(Cl)cn2)C1. The van der Waals surface area contributed by atoms with E-state index in [2.05, 4.69) is 15.3 Å². The fourth-order valence-electron chi connectivity index (χ4n) is 2.06. The van der Waals surface area contributed by atoms with Gasteiger partial charge in [0.2, 0.25) is 0 Å². The van der Waals surface area contributed by atoms with Crippen LogP contribution in [0.2, 0.25) is 5.15 Å². The molecule has 0 radical (unpaired) electrons. The van der Waals surface area contributed by atoms with Crippen LogP contribution in [0.3, 0.4) is 0 Å². The van der Waals surface area contributed by atoms with Gasteiger partial charge in [0, 0.05) is 19.1 Å². The summed E-state index contributed by atoms with van der Waals surface area (Å²) in [4.78, 5) is 33.3. The first-order chi connectivity index (χ1) is 10.2. The molecular weight excluding hydrogens is 308 g/mol. The zero-order valence-electron chi connectivity index (χ0n) is 12.8. The van der Waals surface area contributed by atoms with E-state index in [4.69, 9.17) is 16.3 Å². The first kappa shape index (κ1) is 16.5. The van der Waals surface area contributed by atoms with Crippen molar-refractivity contribution in [1.82, 2.24) is 20.2 Å². The summed E-state index contributed by atoms with van der Waals surface area (Å²) in [6.45, 7) is 6.42. The Kier molecular flexibility index (Phi) is 4.85. The predicted octanol–water partition coefficient (Wildman–Crippen LogP) is 1.87. The molecule has 1 aromatic rings. The Hall–Kier alpha value is -1.89. The summed E-state index contributed by atoms with van der Waals surface area (Å²) in [7, 11) is 0. The Morgan fingerprint density at radius 2 is 2.09 bits per heavy atom. The van der Waals surface area contributed by atoms with Crippen molar-refractivity contribution in [1.29, 1.82) is 0 Å². The monoisotopic (exact) mass is 326 g/mol. The van der Waals surface area contributed by atoms with E-state index in [0.717, 1.165) is 0 Å². The number of aromatic nitrogens is 2. The van der Waals surface area contributed by atoms with Crippen LogP contribution in [0, 0.1) is 0 Å². The molecule has 120 valence electrons. The lowest BCUT2D eigenvalue weighted by atomic mass is 10.2. The molecular formula is C14H19ClN4O3. The molecule has 2 rings (SSSR count). The largest absolute Gasteiger partial charge is 0.444 e. The topological polar surface area (TPSA) is 84.4 Å². The van der Waals surface area contributed by atoms with E-state index in [9.17, 15) is 9.59 Å². The molecule has 1 unspecified atom stereocenters. The number of carbonyl (C=O) groups is 2. The summed E-state index contributed by atoms with van der Waals surface area (Å²) in [5.74, 6) is -0.333. The molecule has 0 spiro atoms. The molecule has 1 saturated heterocycles. The molecule has 1 aliphatic rings. The second kappa shape index (κ2) is 6.48. The first-order valence-electron chi connectivity index (χ1n) is 7.01. The van der Waals surface area contributed by atoms with Crippen molar-refractivity contribution in [2.24, 2.45) is 0 Å². The van der Waals surface area contributed by atoms with E-state index >= 15 is 0 Å². The second-order valence-electron chi connectivity index (χ2n) is 6.11. The third kappa shape index (κ3) is 4.56. The molecule has 1 aliphatic heterocycles. The Bertz CT molecular complexity index is 556. The number of rotatable bonds is 2. The van der Waals surface area contributed by atoms with Crippen molar-refractivity contribution in [3.8, 4) is 0 Å². The Morgan fingerprint density at radius 1 is 1.36 bits per heavy atom. The maximum absolute atomic E-state index is 12.0. The van der Waals surface area contributed by atoms with Crippen LogP contribution < -0.4 is 5.32 Å². The Labute approximate surface area is 134 Å². The maximum Gasteiger partial charge on any atom is 0.410 e. The molecule has 0 aromatic carbocycles. The van der Waals surface area contributed by atoms with Gasteiger partial charge in [-0.1, -0.05) is 11.6 Å². The molecule has 2 heterocycles. The molecule has 0 aliphatic carbocycles. The minimum Gasteiger partial charge on any atom is -0.444 e.